The minimum atomic E-state index is -3.70. The molecule has 0 spiro atoms. The third kappa shape index (κ3) is 15.6. The number of carbonyl (C=O) groups is 1. The van der Waals surface area contributed by atoms with E-state index < -0.39 is 16.0 Å². The largest absolute Gasteiger partial charge is 0.493 e. The Labute approximate surface area is 336 Å². The number of fused-ring (bicyclic) bond motifs is 1. The quantitative estimate of drug-likeness (QED) is 0.0758. The summed E-state index contributed by atoms with van der Waals surface area (Å²) in [6, 6.07) is 4.71. The van der Waals surface area contributed by atoms with E-state index in [2.05, 4.69) is 21.9 Å². The van der Waals surface area contributed by atoms with Gasteiger partial charge in [-0.2, -0.15) is 9.40 Å². The Morgan fingerprint density at radius 2 is 1.32 bits per heavy atom. The van der Waals surface area contributed by atoms with Gasteiger partial charge in [-0.15, -0.1) is 0 Å². The average molecular weight is 801 g/mol. The monoisotopic (exact) mass is 801 g/mol. The molecule has 1 aromatic carbocycles. The van der Waals surface area contributed by atoms with Crippen molar-refractivity contribution in [3.05, 3.63) is 34.2 Å². The molecule has 2 aromatic heterocycles. The number of aromatic nitrogens is 4. The van der Waals surface area contributed by atoms with Crippen LogP contribution in [-0.4, -0.2) is 88.3 Å². The highest BCUT2D eigenvalue weighted by atomic mass is 32.2. The molecule has 0 saturated carbocycles. The molecule has 0 aliphatic carbocycles. The number of aliphatic carboxylic acids is 1. The molecule has 4 rings (SSSR count). The molecule has 316 valence electrons. The number of aromatic amines is 1. The van der Waals surface area contributed by atoms with Crippen LogP contribution in [0, 0.1) is 0 Å². The molecule has 3 heterocycles. The zero-order chi connectivity index (χ0) is 40.8. The van der Waals surface area contributed by atoms with Gasteiger partial charge in [0.05, 0.1) is 22.8 Å². The van der Waals surface area contributed by atoms with Crippen molar-refractivity contribution in [3.63, 3.8) is 0 Å². The number of nitrogens with zero attached hydrogens (tertiary/aromatic N) is 5. The summed E-state index contributed by atoms with van der Waals surface area (Å²) in [5.74, 6) is 0.0662. The number of carboxylic acid groups (broad SMARTS) is 1. The van der Waals surface area contributed by atoms with Crippen molar-refractivity contribution in [1.82, 2.24) is 29.0 Å². The molecule has 1 saturated heterocycles. The van der Waals surface area contributed by atoms with Gasteiger partial charge in [0.2, 0.25) is 10.0 Å². The van der Waals surface area contributed by atoms with Crippen LogP contribution < -0.4 is 10.3 Å². The average Bonchev–Trinajstić information content (AvgIpc) is 3.49. The lowest BCUT2D eigenvalue weighted by Gasteiger charge is -2.31. The number of hydrogen-bond donors (Lipinski definition) is 2. The van der Waals surface area contributed by atoms with Crippen molar-refractivity contribution in [1.29, 1.82) is 0 Å². The lowest BCUT2D eigenvalue weighted by molar-refractivity contribution is -0.137. The lowest BCUT2D eigenvalue weighted by Crippen LogP contribution is -2.47. The summed E-state index contributed by atoms with van der Waals surface area (Å²) < 4.78 is 35.4. The smallest absolute Gasteiger partial charge is 0.303 e. The number of rotatable bonds is 26. The first-order chi connectivity index (χ1) is 27.0. The second kappa shape index (κ2) is 25.9. The van der Waals surface area contributed by atoms with E-state index in [1.165, 1.54) is 112 Å². The molecule has 1 aliphatic rings. The number of carboxylic acids is 1. The van der Waals surface area contributed by atoms with Crippen molar-refractivity contribution in [2.24, 2.45) is 7.05 Å². The maximum Gasteiger partial charge on any atom is 0.303 e. The second-order valence-corrected chi connectivity index (χ2v) is 17.3. The summed E-state index contributed by atoms with van der Waals surface area (Å²) in [5, 5.41) is 13.0. The van der Waals surface area contributed by atoms with Crippen LogP contribution in [0.2, 0.25) is 0 Å². The fraction of sp³-hybridized carbons (Fsp3) is 0.721. The maximum absolute atomic E-state index is 13.3. The molecule has 0 bridgehead atoms. The van der Waals surface area contributed by atoms with Crippen molar-refractivity contribution in [2.75, 3.05) is 39.8 Å². The predicted octanol–water partition coefficient (Wildman–Crippen LogP) is 9.11. The number of hydrogen-bond acceptors (Lipinski definition) is 8. The van der Waals surface area contributed by atoms with E-state index in [-0.39, 0.29) is 16.3 Å². The number of piperazine rings is 1. The second-order valence-electron chi connectivity index (χ2n) is 15.4. The minimum Gasteiger partial charge on any atom is -0.493 e. The fourth-order valence-electron chi connectivity index (χ4n) is 7.27. The first kappa shape index (κ1) is 47.1. The number of likely N-dealkylation sites (N-methyl/N-ethyl adjacent to an activating group) is 1. The Morgan fingerprint density at radius 3 is 1.82 bits per heavy atom. The van der Waals surface area contributed by atoms with Gasteiger partial charge in [-0.05, 0) is 45.0 Å². The lowest BCUT2D eigenvalue weighted by atomic mass is 10.0. The van der Waals surface area contributed by atoms with Crippen LogP contribution in [-0.2, 0) is 28.3 Å². The van der Waals surface area contributed by atoms with Crippen LogP contribution in [0.1, 0.15) is 155 Å². The molecular weight excluding hydrogens is 729 g/mol. The van der Waals surface area contributed by atoms with E-state index in [1.54, 1.807) is 25.2 Å². The van der Waals surface area contributed by atoms with E-state index in [1.807, 2.05) is 20.9 Å². The van der Waals surface area contributed by atoms with Gasteiger partial charge in [0.15, 0.2) is 5.52 Å². The van der Waals surface area contributed by atoms with Gasteiger partial charge in [0.25, 0.3) is 5.56 Å². The van der Waals surface area contributed by atoms with Crippen molar-refractivity contribution >= 4 is 27.0 Å². The van der Waals surface area contributed by atoms with Gasteiger partial charge in [-0.3, -0.25) is 14.3 Å². The Balaban J connectivity index is 0.000000324. The number of sulfonamides is 1. The van der Waals surface area contributed by atoms with Crippen molar-refractivity contribution < 1.29 is 23.1 Å². The number of unbranched alkanes of at least 4 members (excludes halogenated alkanes) is 17. The molecule has 13 heteroatoms. The van der Waals surface area contributed by atoms with Gasteiger partial charge >= 0.3 is 5.97 Å². The van der Waals surface area contributed by atoms with Crippen LogP contribution in [0.15, 0.2) is 27.9 Å². The fourth-order valence-corrected chi connectivity index (χ4v) is 8.72. The van der Waals surface area contributed by atoms with Crippen molar-refractivity contribution in [2.45, 2.75) is 161 Å². The maximum atomic E-state index is 13.3. The molecule has 0 radical (unpaired) electrons. The van der Waals surface area contributed by atoms with Crippen LogP contribution >= 0.6 is 0 Å². The summed E-state index contributed by atoms with van der Waals surface area (Å²) in [4.78, 5) is 33.0. The van der Waals surface area contributed by atoms with Gasteiger partial charge < -0.3 is 19.7 Å². The summed E-state index contributed by atoms with van der Waals surface area (Å²) >= 11 is 0. The summed E-state index contributed by atoms with van der Waals surface area (Å²) in [6.07, 6.45) is 26.2. The summed E-state index contributed by atoms with van der Waals surface area (Å²) in [5.41, 5.74) is 1.75. The third-order valence-electron chi connectivity index (χ3n) is 10.6. The van der Waals surface area contributed by atoms with Crippen LogP contribution in [0.4, 0.5) is 0 Å². The zero-order valence-electron chi connectivity index (χ0n) is 35.2. The number of nitrogens with one attached hydrogen (secondary N) is 1. The number of aryl methyl sites for hydroxylation is 2. The first-order valence-corrected chi connectivity index (χ1v) is 23.1. The molecule has 0 amide bonds. The molecule has 12 nitrogen and oxygen atoms in total. The van der Waals surface area contributed by atoms with Crippen LogP contribution in [0.3, 0.4) is 0 Å². The van der Waals surface area contributed by atoms with Crippen molar-refractivity contribution in [3.8, 4) is 17.1 Å². The minimum absolute atomic E-state index is 0.147. The van der Waals surface area contributed by atoms with E-state index >= 15 is 0 Å². The highest BCUT2D eigenvalue weighted by molar-refractivity contribution is 7.89. The van der Waals surface area contributed by atoms with Gasteiger partial charge in [0.1, 0.15) is 17.1 Å². The molecule has 2 N–H and O–H groups in total. The Kier molecular flexibility index (Phi) is 21.7. The Morgan fingerprint density at radius 1 is 0.786 bits per heavy atom. The molecule has 56 heavy (non-hydrogen) atoms. The third-order valence-corrected chi connectivity index (χ3v) is 12.5. The zero-order valence-corrected chi connectivity index (χ0v) is 36.1. The predicted molar refractivity (Wildman–Crippen MR) is 227 cm³/mol. The van der Waals surface area contributed by atoms with Gasteiger partial charge in [-0.25, -0.2) is 13.4 Å². The van der Waals surface area contributed by atoms with Gasteiger partial charge in [0, 0.05) is 39.6 Å². The molecule has 0 atom stereocenters. The molecule has 1 aliphatic heterocycles. The van der Waals surface area contributed by atoms with E-state index in [0.29, 0.717) is 68.0 Å². The van der Waals surface area contributed by atoms with E-state index in [9.17, 15) is 18.0 Å². The number of H-pyrrole nitrogens is 1. The van der Waals surface area contributed by atoms with Crippen LogP contribution in [0.25, 0.3) is 22.4 Å². The first-order valence-electron chi connectivity index (χ1n) is 21.7. The van der Waals surface area contributed by atoms with Gasteiger partial charge in [-0.1, -0.05) is 129 Å². The molecular formula is C43H72N6O6S. The summed E-state index contributed by atoms with van der Waals surface area (Å²) in [7, 11) is -0.00831. The standard InChI is InChI=1S/C22H30N6O4S.C21H42O2/c1-5-7-17-19-20(27(4)25-17)22(29)24-21(23-19)16-14-15(8-9-18(16)32-6-2)33(30,31)28-12-10-26(3)11-13-28;1-2-3-4-5-6-7-8-9-10-11-12-13-14-15-16-17-18-19-20-21(22)23/h8-9,14H,5-7,10-13H2,1-4H3,(H,23,24,29);2-20H2,1H3,(H,22,23). The highest BCUT2D eigenvalue weighted by Gasteiger charge is 2.29. The SMILES string of the molecule is CCCCCCCCCCCCCCCCCCCCC(=O)O.CCCc1nn(C)c2c(=O)[nH]c(-c3cc(S(=O)(=O)N4CCN(C)CC4)ccc3OCC)nc12. The molecule has 0 unspecified atom stereocenters. The topological polar surface area (TPSA) is 151 Å². The summed E-state index contributed by atoms with van der Waals surface area (Å²) in [6.45, 7) is 8.76. The number of benzene rings is 1. The van der Waals surface area contributed by atoms with E-state index in [0.717, 1.165) is 25.0 Å². The Hall–Kier alpha value is -3.29. The normalized spacial score (nSPS) is 13.9. The Bertz CT molecular complexity index is 1750. The van der Waals surface area contributed by atoms with Crippen LogP contribution in [0.5, 0.6) is 5.75 Å². The highest BCUT2D eigenvalue weighted by Crippen LogP contribution is 2.32. The van der Waals surface area contributed by atoms with E-state index in [4.69, 9.17) is 14.8 Å². The number of ether oxygens (including phenoxy) is 1. The molecule has 3 aromatic rings. The molecule has 1 fully saturated rings.